The van der Waals surface area contributed by atoms with Crippen LogP contribution in [0.15, 0.2) is 30.3 Å². The zero-order chi connectivity index (χ0) is 15.6. The molecule has 1 aromatic rings. The number of carbonyl (C=O) groups excluding carboxylic acids is 1. The van der Waals surface area contributed by atoms with Crippen LogP contribution in [0.2, 0.25) is 0 Å². The van der Waals surface area contributed by atoms with Crippen molar-refractivity contribution in [1.29, 1.82) is 5.26 Å². The summed E-state index contributed by atoms with van der Waals surface area (Å²) in [5.74, 6) is 0.0567. The maximum absolute atomic E-state index is 11.7. The van der Waals surface area contributed by atoms with Gasteiger partial charge in [0.15, 0.2) is 0 Å². The third kappa shape index (κ3) is 8.11. The highest BCUT2D eigenvalue weighted by molar-refractivity contribution is 5.76. The Morgan fingerprint density at radius 1 is 1.29 bits per heavy atom. The van der Waals surface area contributed by atoms with Gasteiger partial charge in [0.05, 0.1) is 6.07 Å². The Labute approximate surface area is 127 Å². The molecule has 1 aromatic carbocycles. The zero-order valence-corrected chi connectivity index (χ0v) is 13.0. The van der Waals surface area contributed by atoms with Crippen LogP contribution in [0.3, 0.4) is 0 Å². The number of nitriles is 1. The van der Waals surface area contributed by atoms with Crippen LogP contribution >= 0.6 is 0 Å². The highest BCUT2D eigenvalue weighted by Crippen LogP contribution is 2.20. The fourth-order valence-electron chi connectivity index (χ4n) is 2.00. The maximum atomic E-state index is 11.7. The Morgan fingerprint density at radius 2 is 2.00 bits per heavy atom. The van der Waals surface area contributed by atoms with Crippen LogP contribution in [0.1, 0.15) is 38.7 Å². The molecular formula is C17H25N3O. The molecule has 0 aromatic heterocycles. The van der Waals surface area contributed by atoms with Crippen LogP contribution in [0.25, 0.3) is 0 Å². The number of rotatable bonds is 9. The van der Waals surface area contributed by atoms with Gasteiger partial charge in [-0.05, 0) is 17.4 Å². The third-order valence-electron chi connectivity index (χ3n) is 3.38. The smallest absolute Gasteiger partial charge is 0.221 e. The molecule has 1 amide bonds. The van der Waals surface area contributed by atoms with Crippen LogP contribution in [-0.4, -0.2) is 19.0 Å². The van der Waals surface area contributed by atoms with Crippen molar-refractivity contribution in [3.63, 3.8) is 0 Å². The van der Waals surface area contributed by atoms with Crippen molar-refractivity contribution in [3.05, 3.63) is 35.9 Å². The van der Waals surface area contributed by atoms with E-state index in [0.717, 1.165) is 18.5 Å². The Bertz CT molecular complexity index is 463. The molecule has 0 unspecified atom stereocenters. The molecule has 0 bridgehead atoms. The van der Waals surface area contributed by atoms with Crippen LogP contribution < -0.4 is 10.6 Å². The second kappa shape index (κ2) is 9.15. The molecule has 0 saturated heterocycles. The number of carbonyl (C=O) groups is 1. The standard InChI is InChI=1S/C17H25N3O/c1-17(2,10-6-11-18)14-19-12-9-16(21)20-13-15-7-4-3-5-8-15/h3-5,7-8,19H,6,9-10,12-14H2,1-2H3,(H,20,21). The Morgan fingerprint density at radius 3 is 2.67 bits per heavy atom. The summed E-state index contributed by atoms with van der Waals surface area (Å²) in [7, 11) is 0. The average molecular weight is 287 g/mol. The van der Waals surface area contributed by atoms with E-state index in [1.54, 1.807) is 0 Å². The minimum absolute atomic E-state index is 0.0567. The van der Waals surface area contributed by atoms with Gasteiger partial charge in [0.2, 0.25) is 5.91 Å². The van der Waals surface area contributed by atoms with Gasteiger partial charge in [-0.25, -0.2) is 0 Å². The van der Waals surface area contributed by atoms with E-state index in [1.807, 2.05) is 30.3 Å². The summed E-state index contributed by atoms with van der Waals surface area (Å²) in [5, 5.41) is 14.8. The lowest BCUT2D eigenvalue weighted by atomic mass is 9.88. The summed E-state index contributed by atoms with van der Waals surface area (Å²) in [6.07, 6.45) is 1.92. The van der Waals surface area contributed by atoms with Crippen LogP contribution in [0.5, 0.6) is 0 Å². The molecule has 0 aliphatic heterocycles. The molecule has 21 heavy (non-hydrogen) atoms. The molecule has 0 heterocycles. The number of amides is 1. The topological polar surface area (TPSA) is 64.9 Å². The first-order chi connectivity index (χ1) is 10.0. The second-order valence-corrected chi connectivity index (χ2v) is 6.01. The Balaban J connectivity index is 2.12. The lowest BCUT2D eigenvalue weighted by molar-refractivity contribution is -0.121. The van der Waals surface area contributed by atoms with Gasteiger partial charge in [-0.2, -0.15) is 5.26 Å². The predicted molar refractivity (Wildman–Crippen MR) is 84.4 cm³/mol. The van der Waals surface area contributed by atoms with E-state index in [2.05, 4.69) is 30.6 Å². The largest absolute Gasteiger partial charge is 0.352 e. The first kappa shape index (κ1) is 17.2. The zero-order valence-electron chi connectivity index (χ0n) is 13.0. The molecule has 0 atom stereocenters. The number of nitrogens with zero attached hydrogens (tertiary/aromatic N) is 1. The van der Waals surface area contributed by atoms with Gasteiger partial charge in [-0.15, -0.1) is 0 Å². The SMILES string of the molecule is CC(C)(CCC#N)CNCCC(=O)NCc1ccccc1. The van der Waals surface area contributed by atoms with Crippen LogP contribution in [0, 0.1) is 16.7 Å². The molecule has 2 N–H and O–H groups in total. The van der Waals surface area contributed by atoms with E-state index >= 15 is 0 Å². The Kier molecular flexibility index (Phi) is 7.49. The lowest BCUT2D eigenvalue weighted by Gasteiger charge is -2.23. The lowest BCUT2D eigenvalue weighted by Crippen LogP contribution is -2.33. The van der Waals surface area contributed by atoms with E-state index in [-0.39, 0.29) is 11.3 Å². The van der Waals surface area contributed by atoms with Crippen LogP contribution in [-0.2, 0) is 11.3 Å². The van der Waals surface area contributed by atoms with Gasteiger partial charge >= 0.3 is 0 Å². The van der Waals surface area contributed by atoms with Gasteiger partial charge < -0.3 is 10.6 Å². The minimum Gasteiger partial charge on any atom is -0.352 e. The number of benzene rings is 1. The summed E-state index contributed by atoms with van der Waals surface area (Å²) < 4.78 is 0. The summed E-state index contributed by atoms with van der Waals surface area (Å²) in [5.41, 5.74) is 1.20. The maximum Gasteiger partial charge on any atom is 0.221 e. The third-order valence-corrected chi connectivity index (χ3v) is 3.38. The molecule has 0 saturated carbocycles. The molecule has 4 nitrogen and oxygen atoms in total. The molecule has 0 radical (unpaired) electrons. The van der Waals surface area contributed by atoms with E-state index < -0.39 is 0 Å². The van der Waals surface area contributed by atoms with Crippen molar-refractivity contribution >= 4 is 5.91 Å². The summed E-state index contributed by atoms with van der Waals surface area (Å²) in [6.45, 7) is 6.32. The van der Waals surface area contributed by atoms with E-state index in [9.17, 15) is 4.79 Å². The van der Waals surface area contributed by atoms with Gasteiger partial charge in [-0.1, -0.05) is 44.2 Å². The molecule has 0 fully saturated rings. The molecule has 0 aliphatic rings. The van der Waals surface area contributed by atoms with E-state index in [4.69, 9.17) is 5.26 Å². The first-order valence-electron chi connectivity index (χ1n) is 7.42. The summed E-state index contributed by atoms with van der Waals surface area (Å²) >= 11 is 0. The van der Waals surface area contributed by atoms with Crippen LogP contribution in [0.4, 0.5) is 0 Å². The van der Waals surface area contributed by atoms with E-state index in [0.29, 0.717) is 25.9 Å². The predicted octanol–water partition coefficient (Wildman–Crippen LogP) is 2.61. The molecule has 4 heteroatoms. The molecule has 0 spiro atoms. The quantitative estimate of drug-likeness (QED) is 0.686. The van der Waals surface area contributed by atoms with Gasteiger partial charge in [-0.3, -0.25) is 4.79 Å². The van der Waals surface area contributed by atoms with Crippen molar-refractivity contribution in [2.24, 2.45) is 5.41 Å². The highest BCUT2D eigenvalue weighted by Gasteiger charge is 2.16. The van der Waals surface area contributed by atoms with E-state index in [1.165, 1.54) is 0 Å². The van der Waals surface area contributed by atoms with Crippen molar-refractivity contribution in [2.45, 2.75) is 39.7 Å². The van der Waals surface area contributed by atoms with Gasteiger partial charge in [0.1, 0.15) is 0 Å². The van der Waals surface area contributed by atoms with Crippen molar-refractivity contribution in [3.8, 4) is 6.07 Å². The molecule has 1 rings (SSSR count). The van der Waals surface area contributed by atoms with Crippen molar-refractivity contribution < 1.29 is 4.79 Å². The number of hydrogen-bond acceptors (Lipinski definition) is 3. The average Bonchev–Trinajstić information content (AvgIpc) is 2.49. The van der Waals surface area contributed by atoms with Gasteiger partial charge in [0.25, 0.3) is 0 Å². The molecule has 0 aliphatic carbocycles. The van der Waals surface area contributed by atoms with Crippen molar-refractivity contribution in [1.82, 2.24) is 10.6 Å². The summed E-state index contributed by atoms with van der Waals surface area (Å²) in [4.78, 5) is 11.7. The van der Waals surface area contributed by atoms with Gasteiger partial charge in [0, 0.05) is 32.5 Å². The Hall–Kier alpha value is -1.86. The fourth-order valence-corrected chi connectivity index (χ4v) is 2.00. The second-order valence-electron chi connectivity index (χ2n) is 6.01. The molecular weight excluding hydrogens is 262 g/mol. The monoisotopic (exact) mass is 287 g/mol. The number of hydrogen-bond donors (Lipinski definition) is 2. The number of nitrogens with one attached hydrogen (secondary N) is 2. The normalized spacial score (nSPS) is 10.9. The fraction of sp³-hybridized carbons (Fsp3) is 0.529. The van der Waals surface area contributed by atoms with Crippen molar-refractivity contribution in [2.75, 3.05) is 13.1 Å². The highest BCUT2D eigenvalue weighted by atomic mass is 16.1. The summed E-state index contributed by atoms with van der Waals surface area (Å²) in [6, 6.07) is 12.1. The molecule has 114 valence electrons. The first-order valence-corrected chi connectivity index (χ1v) is 7.42. The minimum atomic E-state index is 0.0567.